The van der Waals surface area contributed by atoms with Crippen LogP contribution in [0.3, 0.4) is 0 Å². The quantitative estimate of drug-likeness (QED) is 0.523. The van der Waals surface area contributed by atoms with Crippen molar-refractivity contribution in [3.8, 4) is 0 Å². The van der Waals surface area contributed by atoms with Gasteiger partial charge >= 0.3 is 5.97 Å². The molecular formula is C22H19FN2O3. The molecule has 5 nitrogen and oxygen atoms in total. The highest BCUT2D eigenvalue weighted by Gasteiger charge is 2.19. The molecule has 2 N–H and O–H groups in total. The summed E-state index contributed by atoms with van der Waals surface area (Å²) in [7, 11) is 0. The van der Waals surface area contributed by atoms with Crippen molar-refractivity contribution in [1.29, 1.82) is 0 Å². The summed E-state index contributed by atoms with van der Waals surface area (Å²) in [6.45, 7) is -0.128. The molecule has 142 valence electrons. The monoisotopic (exact) mass is 378 g/mol. The van der Waals surface area contributed by atoms with Crippen LogP contribution in [0.5, 0.6) is 0 Å². The maximum Gasteiger partial charge on any atom is 0.340 e. The van der Waals surface area contributed by atoms with Crippen molar-refractivity contribution in [2.45, 2.75) is 6.54 Å². The lowest BCUT2D eigenvalue weighted by Crippen LogP contribution is -2.34. The van der Waals surface area contributed by atoms with Crippen molar-refractivity contribution in [1.82, 2.24) is 0 Å². The summed E-state index contributed by atoms with van der Waals surface area (Å²) in [6, 6.07) is 22.0. The van der Waals surface area contributed by atoms with Gasteiger partial charge in [-0.05, 0) is 35.9 Å². The number of anilines is 2. The van der Waals surface area contributed by atoms with Crippen molar-refractivity contribution in [3.05, 3.63) is 95.8 Å². The van der Waals surface area contributed by atoms with Gasteiger partial charge in [-0.25, -0.2) is 9.18 Å². The highest BCUT2D eigenvalue weighted by Crippen LogP contribution is 2.18. The van der Waals surface area contributed by atoms with E-state index in [-0.39, 0.29) is 17.2 Å². The molecule has 0 saturated carbocycles. The van der Waals surface area contributed by atoms with Crippen molar-refractivity contribution in [3.63, 3.8) is 0 Å². The number of rotatable bonds is 6. The van der Waals surface area contributed by atoms with Gasteiger partial charge < -0.3 is 15.4 Å². The maximum absolute atomic E-state index is 13.1. The second-order valence-electron chi connectivity index (χ2n) is 6.11. The first-order chi connectivity index (χ1) is 13.5. The van der Waals surface area contributed by atoms with Gasteiger partial charge in [0, 0.05) is 11.4 Å². The van der Waals surface area contributed by atoms with E-state index in [9.17, 15) is 14.0 Å². The molecule has 0 spiro atoms. The number of carbonyl (C=O) groups excluding carboxylic acids is 2. The lowest BCUT2D eigenvalue weighted by Gasteiger charge is -2.23. The standard InChI is InChI=1S/C22H19FN2O3/c23-17-11-12-19(20(24)13-17)22(27)28-15-21(26)25(18-9-5-2-6-10-18)14-16-7-3-1-4-8-16/h1-13H,14-15,24H2. The van der Waals surface area contributed by atoms with E-state index in [0.29, 0.717) is 12.2 Å². The maximum atomic E-state index is 13.1. The summed E-state index contributed by atoms with van der Waals surface area (Å²) in [5, 5.41) is 0. The third-order valence-corrected chi connectivity index (χ3v) is 4.11. The Labute approximate surface area is 162 Å². The summed E-state index contributed by atoms with van der Waals surface area (Å²) in [6.07, 6.45) is 0. The SMILES string of the molecule is Nc1cc(F)ccc1C(=O)OCC(=O)N(Cc1ccccc1)c1ccccc1. The molecule has 0 heterocycles. The Balaban J connectivity index is 1.73. The fraction of sp³-hybridized carbons (Fsp3) is 0.0909. The number of nitrogen functional groups attached to an aromatic ring is 1. The van der Waals surface area contributed by atoms with E-state index in [0.717, 1.165) is 17.7 Å². The normalized spacial score (nSPS) is 10.3. The number of para-hydroxylation sites is 1. The first-order valence-corrected chi connectivity index (χ1v) is 8.66. The van der Waals surface area contributed by atoms with Gasteiger partial charge in [-0.1, -0.05) is 48.5 Å². The largest absolute Gasteiger partial charge is 0.452 e. The van der Waals surface area contributed by atoms with Crippen LogP contribution >= 0.6 is 0 Å². The number of ether oxygens (including phenoxy) is 1. The van der Waals surface area contributed by atoms with Crippen molar-refractivity contribution in [2.75, 3.05) is 17.2 Å². The highest BCUT2D eigenvalue weighted by molar-refractivity contribution is 5.99. The molecule has 3 aromatic rings. The Bertz CT molecular complexity index is 962. The Morgan fingerprint density at radius 1 is 0.929 bits per heavy atom. The van der Waals surface area contributed by atoms with Gasteiger partial charge in [-0.2, -0.15) is 0 Å². The molecule has 0 unspecified atom stereocenters. The third kappa shape index (κ3) is 4.73. The topological polar surface area (TPSA) is 72.6 Å². The Morgan fingerprint density at radius 2 is 1.57 bits per heavy atom. The first kappa shape index (κ1) is 19.1. The number of nitrogens with zero attached hydrogens (tertiary/aromatic N) is 1. The molecule has 28 heavy (non-hydrogen) atoms. The van der Waals surface area contributed by atoms with E-state index in [1.54, 1.807) is 12.1 Å². The van der Waals surface area contributed by atoms with Gasteiger partial charge in [-0.15, -0.1) is 0 Å². The minimum Gasteiger partial charge on any atom is -0.452 e. The molecule has 0 saturated heterocycles. The highest BCUT2D eigenvalue weighted by atomic mass is 19.1. The number of carbonyl (C=O) groups is 2. The van der Waals surface area contributed by atoms with Gasteiger partial charge in [0.2, 0.25) is 0 Å². The predicted octanol–water partition coefficient (Wildman–Crippen LogP) is 3.80. The predicted molar refractivity (Wildman–Crippen MR) is 105 cm³/mol. The van der Waals surface area contributed by atoms with Crippen LogP contribution in [0, 0.1) is 5.82 Å². The Kier molecular flexibility index (Phi) is 6.01. The zero-order chi connectivity index (χ0) is 19.9. The lowest BCUT2D eigenvalue weighted by atomic mass is 10.2. The van der Waals surface area contributed by atoms with E-state index in [1.165, 1.54) is 11.0 Å². The van der Waals surface area contributed by atoms with Crippen LogP contribution in [-0.4, -0.2) is 18.5 Å². The number of benzene rings is 3. The number of halogens is 1. The van der Waals surface area contributed by atoms with Gasteiger partial charge in [0.15, 0.2) is 6.61 Å². The second kappa shape index (κ2) is 8.81. The van der Waals surface area contributed by atoms with Crippen LogP contribution in [0.15, 0.2) is 78.9 Å². The van der Waals surface area contributed by atoms with E-state index >= 15 is 0 Å². The molecule has 3 aromatic carbocycles. The molecule has 3 rings (SSSR count). The number of esters is 1. The molecule has 0 aliphatic rings. The minimum absolute atomic E-state index is 0.0171. The average molecular weight is 378 g/mol. The summed E-state index contributed by atoms with van der Waals surface area (Å²) >= 11 is 0. The van der Waals surface area contributed by atoms with Gasteiger partial charge in [0.05, 0.1) is 12.1 Å². The molecule has 6 heteroatoms. The van der Waals surface area contributed by atoms with Gasteiger partial charge in [0.1, 0.15) is 5.82 Å². The van der Waals surface area contributed by atoms with Crippen LogP contribution in [0.4, 0.5) is 15.8 Å². The van der Waals surface area contributed by atoms with Crippen LogP contribution in [0.1, 0.15) is 15.9 Å². The Hall–Kier alpha value is -3.67. The fourth-order valence-corrected chi connectivity index (χ4v) is 2.70. The smallest absolute Gasteiger partial charge is 0.340 e. The van der Waals surface area contributed by atoms with E-state index < -0.39 is 18.4 Å². The molecule has 1 amide bonds. The molecule has 0 aromatic heterocycles. The minimum atomic E-state index is -0.779. The zero-order valence-electron chi connectivity index (χ0n) is 15.0. The molecule has 0 fully saturated rings. The first-order valence-electron chi connectivity index (χ1n) is 8.66. The summed E-state index contributed by atoms with van der Waals surface area (Å²) in [5.41, 5.74) is 7.25. The molecule has 0 bridgehead atoms. The lowest BCUT2D eigenvalue weighted by molar-refractivity contribution is -0.121. The molecule has 0 aliphatic carbocycles. The molecule has 0 aliphatic heterocycles. The average Bonchev–Trinajstić information content (AvgIpc) is 2.71. The number of amides is 1. The summed E-state index contributed by atoms with van der Waals surface area (Å²) in [4.78, 5) is 26.5. The molecule has 0 radical (unpaired) electrons. The van der Waals surface area contributed by atoms with Crippen LogP contribution in [0.2, 0.25) is 0 Å². The van der Waals surface area contributed by atoms with Crippen LogP contribution in [-0.2, 0) is 16.1 Å². The van der Waals surface area contributed by atoms with Crippen molar-refractivity contribution in [2.24, 2.45) is 0 Å². The second-order valence-corrected chi connectivity index (χ2v) is 6.11. The zero-order valence-corrected chi connectivity index (χ0v) is 15.0. The van der Waals surface area contributed by atoms with E-state index in [2.05, 4.69) is 0 Å². The number of nitrogens with two attached hydrogens (primary N) is 1. The Morgan fingerprint density at radius 3 is 2.21 bits per heavy atom. The fourth-order valence-electron chi connectivity index (χ4n) is 2.70. The number of hydrogen-bond donors (Lipinski definition) is 1. The van der Waals surface area contributed by atoms with Crippen molar-refractivity contribution < 1.29 is 18.7 Å². The third-order valence-electron chi connectivity index (χ3n) is 4.11. The van der Waals surface area contributed by atoms with E-state index in [1.807, 2.05) is 48.5 Å². The summed E-state index contributed by atoms with van der Waals surface area (Å²) < 4.78 is 18.3. The molecular weight excluding hydrogens is 359 g/mol. The van der Waals surface area contributed by atoms with Gasteiger partial charge in [-0.3, -0.25) is 4.79 Å². The molecule has 0 atom stereocenters. The van der Waals surface area contributed by atoms with Crippen LogP contribution < -0.4 is 10.6 Å². The summed E-state index contributed by atoms with van der Waals surface area (Å²) in [5.74, 6) is -1.72. The van der Waals surface area contributed by atoms with Crippen molar-refractivity contribution >= 4 is 23.3 Å². The van der Waals surface area contributed by atoms with Crippen LogP contribution in [0.25, 0.3) is 0 Å². The number of hydrogen-bond acceptors (Lipinski definition) is 4. The van der Waals surface area contributed by atoms with E-state index in [4.69, 9.17) is 10.5 Å². The van der Waals surface area contributed by atoms with Gasteiger partial charge in [0.25, 0.3) is 5.91 Å².